The molecule has 0 spiro atoms. The van der Waals surface area contributed by atoms with Gasteiger partial charge in [-0.1, -0.05) is 42.5 Å². The van der Waals surface area contributed by atoms with E-state index in [0.29, 0.717) is 0 Å². The van der Waals surface area contributed by atoms with E-state index in [1.165, 1.54) is 42.5 Å². The molecular weight excluding hydrogens is 352 g/mol. The van der Waals surface area contributed by atoms with Crippen molar-refractivity contribution < 1.29 is 26.7 Å². The van der Waals surface area contributed by atoms with Gasteiger partial charge in [0.15, 0.2) is 19.7 Å². The number of Topliss-reactive ketones (excluding diaryl/α,β-unsaturated/α-hetero) is 1. The van der Waals surface area contributed by atoms with E-state index in [9.17, 15) is 26.7 Å². The molecule has 0 aliphatic rings. The van der Waals surface area contributed by atoms with Crippen molar-refractivity contribution in [3.63, 3.8) is 0 Å². The van der Waals surface area contributed by atoms with Gasteiger partial charge in [0.2, 0.25) is 5.78 Å². The molecule has 2 aromatic rings. The van der Waals surface area contributed by atoms with Crippen molar-refractivity contribution in [2.45, 2.75) is 9.83 Å². The maximum absolute atomic E-state index is 12.7. The van der Waals surface area contributed by atoms with Gasteiger partial charge in [-0.25, -0.2) is 16.8 Å². The van der Waals surface area contributed by atoms with Crippen LogP contribution >= 0.6 is 0 Å². The summed E-state index contributed by atoms with van der Waals surface area (Å²) in [6.07, 6.45) is 1.67. The summed E-state index contributed by atoms with van der Waals surface area (Å²) in [6.45, 7) is 0. The molecule has 2 aromatic carbocycles. The molecule has 128 valence electrons. The molecule has 0 aromatic heterocycles. The minimum atomic E-state index is -4.32. The minimum absolute atomic E-state index is 0.00446. The Balaban J connectivity index is 2.74. The fraction of sp³-hybridized carbons (Fsp3) is 0.188. The number of sulfone groups is 2. The molecule has 0 saturated carbocycles. The Kier molecular flexibility index (Phi) is 4.67. The molecule has 1 N–H and O–H groups in total. The number of carbonyl (C=O) groups is 1. The third-order valence-corrected chi connectivity index (χ3v) is 6.14. The number of hydrogen-bond donors (Lipinski definition) is 1. The lowest BCUT2D eigenvalue weighted by Gasteiger charge is -2.25. The summed E-state index contributed by atoms with van der Waals surface area (Å²) in [4.78, 5) is 9.62. The van der Waals surface area contributed by atoms with E-state index in [-0.39, 0.29) is 16.0 Å². The second-order valence-electron chi connectivity index (χ2n) is 5.41. The Morgan fingerprint density at radius 3 is 2.00 bits per heavy atom. The van der Waals surface area contributed by atoms with E-state index in [4.69, 9.17) is 0 Å². The molecule has 0 amide bonds. The summed E-state index contributed by atoms with van der Waals surface area (Å²) in [5.41, 5.74) is -0.322. The maximum atomic E-state index is 12.7. The fourth-order valence-electron chi connectivity index (χ4n) is 2.24. The SMILES string of the molecule is CS(=O)(=O)c1cccc(C(O)(C(=O)c2ccccc2)S(C)(=O)=O)c1. The minimum Gasteiger partial charge on any atom is -0.365 e. The Bertz CT molecular complexity index is 978. The van der Waals surface area contributed by atoms with Gasteiger partial charge in [0.25, 0.3) is 4.93 Å². The van der Waals surface area contributed by atoms with Crippen LogP contribution in [0.3, 0.4) is 0 Å². The van der Waals surface area contributed by atoms with Crippen molar-refractivity contribution in [2.24, 2.45) is 0 Å². The zero-order valence-electron chi connectivity index (χ0n) is 13.0. The van der Waals surface area contributed by atoms with Gasteiger partial charge in [0.1, 0.15) is 0 Å². The number of hydrogen-bond acceptors (Lipinski definition) is 6. The molecule has 8 heteroatoms. The van der Waals surface area contributed by atoms with Gasteiger partial charge in [-0.05, 0) is 12.1 Å². The van der Waals surface area contributed by atoms with E-state index in [1.807, 2.05) is 0 Å². The average molecular weight is 368 g/mol. The van der Waals surface area contributed by atoms with Crippen LogP contribution in [0.4, 0.5) is 0 Å². The second-order valence-corrected chi connectivity index (χ2v) is 9.56. The third-order valence-electron chi connectivity index (χ3n) is 3.53. The Morgan fingerprint density at radius 2 is 1.50 bits per heavy atom. The summed E-state index contributed by atoms with van der Waals surface area (Å²) in [5.74, 6) is -1.05. The first-order valence-corrected chi connectivity index (χ1v) is 10.6. The van der Waals surface area contributed by atoms with Crippen molar-refractivity contribution in [1.82, 2.24) is 0 Å². The molecule has 0 heterocycles. The lowest BCUT2D eigenvalue weighted by molar-refractivity contribution is 0.0630. The summed E-state index contributed by atoms with van der Waals surface area (Å²) >= 11 is 0. The van der Waals surface area contributed by atoms with E-state index >= 15 is 0 Å². The van der Waals surface area contributed by atoms with Crippen molar-refractivity contribution in [3.05, 3.63) is 65.7 Å². The number of rotatable bonds is 5. The average Bonchev–Trinajstić information content (AvgIpc) is 2.52. The summed E-state index contributed by atoms with van der Waals surface area (Å²) in [5, 5.41) is 10.8. The summed E-state index contributed by atoms with van der Waals surface area (Å²) in [7, 11) is -7.95. The molecule has 0 aliphatic heterocycles. The Hall–Kier alpha value is -2.03. The van der Waals surface area contributed by atoms with Crippen LogP contribution in [0.25, 0.3) is 0 Å². The molecule has 0 radical (unpaired) electrons. The van der Waals surface area contributed by atoms with Gasteiger partial charge >= 0.3 is 0 Å². The van der Waals surface area contributed by atoms with Crippen molar-refractivity contribution in [3.8, 4) is 0 Å². The highest BCUT2D eigenvalue weighted by molar-refractivity contribution is 7.92. The summed E-state index contributed by atoms with van der Waals surface area (Å²) < 4.78 is 47.8. The van der Waals surface area contributed by atoms with E-state index < -0.39 is 30.4 Å². The monoisotopic (exact) mass is 368 g/mol. The Labute approximate surface area is 140 Å². The summed E-state index contributed by atoms with van der Waals surface area (Å²) in [6, 6.07) is 12.2. The van der Waals surface area contributed by atoms with Crippen LogP contribution in [0, 0.1) is 0 Å². The van der Waals surface area contributed by atoms with Crippen molar-refractivity contribution in [1.29, 1.82) is 0 Å². The first kappa shape index (κ1) is 18.3. The highest BCUT2D eigenvalue weighted by Gasteiger charge is 2.48. The normalized spacial score (nSPS) is 14.8. The quantitative estimate of drug-likeness (QED) is 0.794. The van der Waals surface area contributed by atoms with E-state index in [2.05, 4.69) is 0 Å². The molecule has 0 aliphatic carbocycles. The highest BCUT2D eigenvalue weighted by Crippen LogP contribution is 2.32. The van der Waals surface area contributed by atoms with E-state index in [1.54, 1.807) is 6.07 Å². The largest absolute Gasteiger partial charge is 0.365 e. The lowest BCUT2D eigenvalue weighted by atomic mass is 9.99. The van der Waals surface area contributed by atoms with Crippen LogP contribution in [-0.2, 0) is 24.6 Å². The standard InChI is InChI=1S/C16H16O6S2/c1-23(19,20)14-10-6-9-13(11-14)16(18,24(2,21)22)15(17)12-7-4-3-5-8-12/h3-11,18H,1-2H3. The molecule has 6 nitrogen and oxygen atoms in total. The first-order valence-electron chi connectivity index (χ1n) is 6.80. The smallest absolute Gasteiger partial charge is 0.255 e. The molecule has 0 fully saturated rings. The molecule has 0 bridgehead atoms. The molecule has 1 unspecified atom stereocenters. The number of ketones is 1. The van der Waals surface area contributed by atoms with Gasteiger partial charge < -0.3 is 5.11 Å². The van der Waals surface area contributed by atoms with Crippen LogP contribution in [0.2, 0.25) is 0 Å². The molecular formula is C16H16O6S2. The van der Waals surface area contributed by atoms with Gasteiger partial charge in [-0.15, -0.1) is 0 Å². The number of carbonyl (C=O) groups excluding carboxylic acids is 1. The van der Waals surface area contributed by atoms with Crippen LogP contribution in [0.15, 0.2) is 59.5 Å². The zero-order valence-corrected chi connectivity index (χ0v) is 14.6. The molecule has 0 saturated heterocycles. The number of aliphatic hydroxyl groups is 1. The van der Waals surface area contributed by atoms with Gasteiger partial charge in [0, 0.05) is 23.6 Å². The van der Waals surface area contributed by atoms with Crippen molar-refractivity contribution >= 4 is 25.5 Å². The highest BCUT2D eigenvalue weighted by atomic mass is 32.2. The maximum Gasteiger partial charge on any atom is 0.255 e. The van der Waals surface area contributed by atoms with Gasteiger partial charge in [-0.3, -0.25) is 4.79 Å². The first-order chi connectivity index (χ1) is 11.0. The molecule has 1 atom stereocenters. The fourth-order valence-corrected chi connectivity index (χ4v) is 3.91. The predicted molar refractivity (Wildman–Crippen MR) is 89.1 cm³/mol. The topological polar surface area (TPSA) is 106 Å². The van der Waals surface area contributed by atoms with Gasteiger partial charge in [-0.2, -0.15) is 0 Å². The van der Waals surface area contributed by atoms with Crippen LogP contribution < -0.4 is 0 Å². The Morgan fingerprint density at radius 1 is 0.917 bits per heavy atom. The second kappa shape index (κ2) is 6.12. The molecule has 2 rings (SSSR count). The van der Waals surface area contributed by atoms with Crippen LogP contribution in [-0.4, -0.2) is 40.2 Å². The number of benzene rings is 2. The molecule has 24 heavy (non-hydrogen) atoms. The van der Waals surface area contributed by atoms with E-state index in [0.717, 1.165) is 18.6 Å². The predicted octanol–water partition coefficient (Wildman–Crippen LogP) is 1.16. The van der Waals surface area contributed by atoms with Crippen LogP contribution in [0.5, 0.6) is 0 Å². The van der Waals surface area contributed by atoms with Crippen molar-refractivity contribution in [2.75, 3.05) is 12.5 Å². The lowest BCUT2D eigenvalue weighted by Crippen LogP contribution is -2.43. The zero-order chi connectivity index (χ0) is 18.2. The third kappa shape index (κ3) is 3.26. The van der Waals surface area contributed by atoms with Gasteiger partial charge in [0.05, 0.1) is 4.90 Å². The van der Waals surface area contributed by atoms with Crippen LogP contribution in [0.1, 0.15) is 15.9 Å².